The number of carbonyl (C=O) groups is 1. The maximum Gasteiger partial charge on any atom is 0.228 e. The van der Waals surface area contributed by atoms with Gasteiger partial charge in [0, 0.05) is 18.9 Å². The van der Waals surface area contributed by atoms with Crippen molar-refractivity contribution in [3.63, 3.8) is 0 Å². The summed E-state index contributed by atoms with van der Waals surface area (Å²) in [6.45, 7) is 0.497. The van der Waals surface area contributed by atoms with Gasteiger partial charge in [-0.25, -0.2) is 0 Å². The van der Waals surface area contributed by atoms with Crippen molar-refractivity contribution >= 4 is 21.2 Å². The molecule has 0 aromatic rings. The normalized spacial score (nSPS) is 23.7. The molecule has 1 amide bonds. The maximum atomic E-state index is 10.7. The van der Waals surface area contributed by atoms with Gasteiger partial charge in [-0.2, -0.15) is 8.42 Å². The molecule has 0 bridgehead atoms. The van der Waals surface area contributed by atoms with Crippen molar-refractivity contribution in [2.75, 3.05) is 6.54 Å². The number of nitrogens with two attached hydrogens (primary N) is 1. The van der Waals surface area contributed by atoms with E-state index in [2.05, 4.69) is 5.32 Å². The summed E-state index contributed by atoms with van der Waals surface area (Å²) in [6.07, 6.45) is 0.821. The van der Waals surface area contributed by atoms with Crippen LogP contribution in [0.5, 0.6) is 0 Å². The zero-order chi connectivity index (χ0) is 9.14. The third kappa shape index (κ3) is 2.05. The van der Waals surface area contributed by atoms with E-state index in [9.17, 15) is 13.2 Å². The number of carbonyl (C=O) groups excluding carboxylic acids is 1. The van der Waals surface area contributed by atoms with Gasteiger partial charge in [0.15, 0.2) is 0 Å². The molecular formula is C6H10N2O3S. The van der Waals surface area contributed by atoms with Gasteiger partial charge >= 0.3 is 0 Å². The fraction of sp³-hybridized carbons (Fsp3) is 0.667. The Bertz CT molecular complexity index is 312. The highest BCUT2D eigenvalue weighted by Gasteiger charge is 2.22. The van der Waals surface area contributed by atoms with E-state index in [0.29, 0.717) is 13.0 Å². The Kier molecular flexibility index (Phi) is 2.83. The van der Waals surface area contributed by atoms with E-state index in [0.717, 1.165) is 0 Å². The molecular weight excluding hydrogens is 180 g/mol. The molecule has 6 heteroatoms. The third-order valence-electron chi connectivity index (χ3n) is 1.85. The molecule has 0 radical (unpaired) electrons. The first-order valence-corrected chi connectivity index (χ1v) is 4.67. The van der Waals surface area contributed by atoms with Crippen LogP contribution in [0.1, 0.15) is 12.8 Å². The summed E-state index contributed by atoms with van der Waals surface area (Å²) in [5, 5.41) is 2.70. The van der Waals surface area contributed by atoms with Crippen LogP contribution in [0.15, 0.2) is 0 Å². The van der Waals surface area contributed by atoms with Gasteiger partial charge < -0.3 is 5.73 Å². The Morgan fingerprint density at radius 2 is 2.25 bits per heavy atom. The van der Waals surface area contributed by atoms with Crippen LogP contribution in [-0.2, 0) is 15.1 Å². The minimum absolute atomic E-state index is 0.185. The van der Waals surface area contributed by atoms with Gasteiger partial charge in [0.1, 0.15) is 4.99 Å². The number of hydrogen-bond acceptors (Lipinski definition) is 3. The van der Waals surface area contributed by atoms with E-state index in [1.54, 1.807) is 0 Å². The average molecular weight is 190 g/mol. The first-order chi connectivity index (χ1) is 5.61. The van der Waals surface area contributed by atoms with E-state index in [-0.39, 0.29) is 17.3 Å². The molecule has 0 aromatic carbocycles. The standard InChI is InChI=1S/C6H10N2O3S/c7-6(9)4-1-2-8-5(3-4)12(10)11/h4,8H,1-3H2,(H2,7,9). The SMILES string of the molecule is NC(=O)C1CCNC(=S(=O)=O)C1. The Morgan fingerprint density at radius 3 is 2.75 bits per heavy atom. The smallest absolute Gasteiger partial charge is 0.228 e. The largest absolute Gasteiger partial charge is 0.369 e. The summed E-state index contributed by atoms with van der Waals surface area (Å²) < 4.78 is 20.9. The lowest BCUT2D eigenvalue weighted by molar-refractivity contribution is -0.121. The minimum atomic E-state index is -2.24. The van der Waals surface area contributed by atoms with Crippen molar-refractivity contribution in [3.05, 3.63) is 0 Å². The number of nitrogens with one attached hydrogen (secondary N) is 1. The quantitative estimate of drug-likeness (QED) is 0.491. The van der Waals surface area contributed by atoms with E-state index in [4.69, 9.17) is 5.73 Å². The third-order valence-corrected chi connectivity index (χ3v) is 2.56. The molecule has 1 saturated heterocycles. The lowest BCUT2D eigenvalue weighted by atomic mass is 9.98. The van der Waals surface area contributed by atoms with Gasteiger partial charge in [0.05, 0.1) is 0 Å². The maximum absolute atomic E-state index is 10.7. The molecule has 1 fully saturated rings. The number of primary amides is 1. The lowest BCUT2D eigenvalue weighted by Gasteiger charge is -2.19. The van der Waals surface area contributed by atoms with Crippen molar-refractivity contribution in [3.8, 4) is 0 Å². The zero-order valence-corrected chi connectivity index (χ0v) is 7.23. The molecule has 0 spiro atoms. The fourth-order valence-corrected chi connectivity index (χ4v) is 1.71. The molecule has 1 heterocycles. The molecule has 1 unspecified atom stereocenters. The summed E-state index contributed by atoms with van der Waals surface area (Å²) in [4.78, 5) is 10.9. The van der Waals surface area contributed by atoms with Crippen LogP contribution in [0.4, 0.5) is 0 Å². The van der Waals surface area contributed by atoms with Crippen molar-refractivity contribution in [2.45, 2.75) is 12.8 Å². The number of piperidine rings is 1. The van der Waals surface area contributed by atoms with Gasteiger partial charge in [-0.1, -0.05) is 0 Å². The second-order valence-electron chi connectivity index (χ2n) is 2.68. The van der Waals surface area contributed by atoms with Crippen molar-refractivity contribution in [1.82, 2.24) is 5.32 Å². The Labute approximate surface area is 71.5 Å². The van der Waals surface area contributed by atoms with Crippen LogP contribution in [-0.4, -0.2) is 25.9 Å². The van der Waals surface area contributed by atoms with Crippen LogP contribution in [0.3, 0.4) is 0 Å². The summed E-state index contributed by atoms with van der Waals surface area (Å²) in [7, 11) is -2.24. The van der Waals surface area contributed by atoms with Gasteiger partial charge in [0.2, 0.25) is 16.2 Å². The Morgan fingerprint density at radius 1 is 1.58 bits per heavy atom. The predicted octanol–water partition coefficient (Wildman–Crippen LogP) is -1.52. The minimum Gasteiger partial charge on any atom is -0.369 e. The molecule has 3 N–H and O–H groups in total. The number of rotatable bonds is 1. The van der Waals surface area contributed by atoms with E-state index in [1.807, 2.05) is 0 Å². The highest BCUT2D eigenvalue weighted by molar-refractivity contribution is 7.72. The lowest BCUT2D eigenvalue weighted by Crippen LogP contribution is -2.39. The predicted molar refractivity (Wildman–Crippen MR) is 43.8 cm³/mol. The van der Waals surface area contributed by atoms with Crippen LogP contribution in [0, 0.1) is 5.92 Å². The fourth-order valence-electron chi connectivity index (χ4n) is 1.15. The van der Waals surface area contributed by atoms with E-state index >= 15 is 0 Å². The summed E-state index contributed by atoms with van der Waals surface area (Å²) in [5.74, 6) is -0.765. The molecule has 1 atom stereocenters. The second kappa shape index (κ2) is 3.68. The van der Waals surface area contributed by atoms with E-state index < -0.39 is 16.2 Å². The molecule has 68 valence electrons. The van der Waals surface area contributed by atoms with Crippen LogP contribution >= 0.6 is 0 Å². The molecule has 12 heavy (non-hydrogen) atoms. The van der Waals surface area contributed by atoms with Crippen molar-refractivity contribution in [1.29, 1.82) is 0 Å². The molecule has 1 aliphatic rings. The van der Waals surface area contributed by atoms with Crippen LogP contribution in [0.25, 0.3) is 0 Å². The molecule has 1 aliphatic heterocycles. The summed E-state index contributed by atoms with van der Waals surface area (Å²) >= 11 is 0. The Balaban J connectivity index is 2.77. The van der Waals surface area contributed by atoms with Gasteiger partial charge in [-0.05, 0) is 6.42 Å². The van der Waals surface area contributed by atoms with Crippen LogP contribution < -0.4 is 11.1 Å². The highest BCUT2D eigenvalue weighted by atomic mass is 32.2. The van der Waals surface area contributed by atoms with Gasteiger partial charge in [0.25, 0.3) is 0 Å². The monoisotopic (exact) mass is 190 g/mol. The molecule has 5 nitrogen and oxygen atoms in total. The number of amides is 1. The van der Waals surface area contributed by atoms with Crippen molar-refractivity contribution in [2.24, 2.45) is 11.7 Å². The molecule has 1 rings (SSSR count). The van der Waals surface area contributed by atoms with Gasteiger partial charge in [-0.3, -0.25) is 10.1 Å². The summed E-state index contributed by atoms with van der Waals surface area (Å²) in [5.41, 5.74) is 5.05. The van der Waals surface area contributed by atoms with Crippen molar-refractivity contribution < 1.29 is 13.2 Å². The second-order valence-corrected chi connectivity index (χ2v) is 3.64. The zero-order valence-electron chi connectivity index (χ0n) is 6.41. The molecule has 0 saturated carbocycles. The highest BCUT2D eigenvalue weighted by Crippen LogP contribution is 2.11. The average Bonchev–Trinajstić information content (AvgIpc) is 2.04. The van der Waals surface area contributed by atoms with Crippen LogP contribution in [0.2, 0.25) is 0 Å². The molecule has 0 aromatic heterocycles. The Hall–Kier alpha value is -0.880. The van der Waals surface area contributed by atoms with Gasteiger partial charge in [-0.15, -0.1) is 0 Å². The molecule has 0 aliphatic carbocycles. The van der Waals surface area contributed by atoms with E-state index in [1.165, 1.54) is 0 Å². The summed E-state index contributed by atoms with van der Waals surface area (Å²) in [6, 6.07) is 0. The first-order valence-electron chi connectivity index (χ1n) is 3.59. The first kappa shape index (κ1) is 9.21. The number of hydrogen-bond donors (Lipinski definition) is 2. The topological polar surface area (TPSA) is 89.3 Å².